The number of hydrogen-bond donors (Lipinski definition) is 0. The van der Waals surface area contributed by atoms with Crippen molar-refractivity contribution in [3.05, 3.63) is 60.2 Å². The summed E-state index contributed by atoms with van der Waals surface area (Å²) in [4.78, 5) is 32.2. The van der Waals surface area contributed by atoms with Gasteiger partial charge in [0.2, 0.25) is 0 Å². The molecule has 8 heteroatoms. The average Bonchev–Trinajstić information content (AvgIpc) is 2.69. The van der Waals surface area contributed by atoms with E-state index in [-0.39, 0.29) is 18.0 Å². The van der Waals surface area contributed by atoms with Gasteiger partial charge in [0.15, 0.2) is 0 Å². The second kappa shape index (κ2) is 13.0. The Morgan fingerprint density at radius 3 is 1.89 bits per heavy atom. The molecular formula is C20H26BrN3O4. The number of pyridine rings is 2. The second-order valence-corrected chi connectivity index (χ2v) is 6.72. The summed E-state index contributed by atoms with van der Waals surface area (Å²) in [5, 5.41) is 0. The van der Waals surface area contributed by atoms with Crippen LogP contribution < -0.4 is 0 Å². The van der Waals surface area contributed by atoms with E-state index in [9.17, 15) is 9.59 Å². The number of ether oxygens (including phenoxy) is 2. The third-order valence-electron chi connectivity index (χ3n) is 3.50. The minimum atomic E-state index is -0.416. The molecule has 0 N–H and O–H groups in total. The Labute approximate surface area is 174 Å². The quantitative estimate of drug-likeness (QED) is 0.471. The van der Waals surface area contributed by atoms with Crippen LogP contribution in [0.3, 0.4) is 0 Å². The van der Waals surface area contributed by atoms with Gasteiger partial charge in [-0.15, -0.1) is 0 Å². The van der Waals surface area contributed by atoms with Crippen molar-refractivity contribution in [2.24, 2.45) is 0 Å². The first kappa shape index (κ1) is 23.7. The zero-order chi connectivity index (χ0) is 20.9. The van der Waals surface area contributed by atoms with Crippen molar-refractivity contribution in [3.63, 3.8) is 0 Å². The van der Waals surface area contributed by atoms with Crippen molar-refractivity contribution in [2.75, 3.05) is 27.3 Å². The normalized spacial score (nSPS) is 12.4. The summed E-state index contributed by atoms with van der Waals surface area (Å²) >= 11 is 3.24. The molecule has 2 atom stereocenters. The summed E-state index contributed by atoms with van der Waals surface area (Å²) in [6.45, 7) is 4.36. The molecule has 0 aromatic carbocycles. The molecule has 0 bridgehead atoms. The van der Waals surface area contributed by atoms with Crippen molar-refractivity contribution in [1.82, 2.24) is 14.9 Å². The molecule has 2 rings (SSSR count). The van der Waals surface area contributed by atoms with Gasteiger partial charge in [0.25, 0.3) is 0 Å². The van der Waals surface area contributed by atoms with Crippen LogP contribution in [0.25, 0.3) is 0 Å². The van der Waals surface area contributed by atoms with Crippen molar-refractivity contribution >= 4 is 27.9 Å². The van der Waals surface area contributed by atoms with E-state index in [0.717, 1.165) is 11.1 Å². The SMILES string of the molecule is CCOC(=O)C(Br)c1cccnc1.CCOC(=O)C(c1cccnc1)N(C)C. The summed E-state index contributed by atoms with van der Waals surface area (Å²) in [5.74, 6) is -0.522. The summed E-state index contributed by atoms with van der Waals surface area (Å²) in [6, 6.07) is 6.91. The summed E-state index contributed by atoms with van der Waals surface area (Å²) in [5.41, 5.74) is 1.65. The van der Waals surface area contributed by atoms with Crippen LogP contribution >= 0.6 is 15.9 Å². The fourth-order valence-electron chi connectivity index (χ4n) is 2.28. The first-order valence-corrected chi connectivity index (χ1v) is 9.77. The van der Waals surface area contributed by atoms with E-state index in [2.05, 4.69) is 25.9 Å². The number of carbonyl (C=O) groups is 2. The maximum Gasteiger partial charge on any atom is 0.328 e. The molecule has 0 radical (unpaired) electrons. The maximum atomic E-state index is 11.7. The minimum absolute atomic E-state index is 0.240. The van der Waals surface area contributed by atoms with Gasteiger partial charge in [0.05, 0.1) is 13.2 Å². The van der Waals surface area contributed by atoms with Crippen LogP contribution in [0.4, 0.5) is 0 Å². The van der Waals surface area contributed by atoms with Gasteiger partial charge in [-0.2, -0.15) is 0 Å². The smallest absolute Gasteiger partial charge is 0.328 e. The van der Waals surface area contributed by atoms with E-state index in [4.69, 9.17) is 9.47 Å². The fourth-order valence-corrected chi connectivity index (χ4v) is 2.68. The number of halogens is 1. The lowest BCUT2D eigenvalue weighted by molar-refractivity contribution is -0.149. The van der Waals surface area contributed by atoms with Crippen LogP contribution in [0.2, 0.25) is 0 Å². The molecule has 2 unspecified atom stereocenters. The fraction of sp³-hybridized carbons (Fsp3) is 0.400. The van der Waals surface area contributed by atoms with Crippen LogP contribution in [-0.2, 0) is 19.1 Å². The highest BCUT2D eigenvalue weighted by atomic mass is 79.9. The van der Waals surface area contributed by atoms with Crippen molar-refractivity contribution in [3.8, 4) is 0 Å². The van der Waals surface area contributed by atoms with Crippen LogP contribution in [0.5, 0.6) is 0 Å². The molecule has 7 nitrogen and oxygen atoms in total. The lowest BCUT2D eigenvalue weighted by Gasteiger charge is -2.22. The minimum Gasteiger partial charge on any atom is -0.465 e. The topological polar surface area (TPSA) is 81.6 Å². The molecule has 2 aromatic heterocycles. The highest BCUT2D eigenvalue weighted by molar-refractivity contribution is 9.09. The molecule has 28 heavy (non-hydrogen) atoms. The number of nitrogens with zero attached hydrogens (tertiary/aromatic N) is 3. The number of likely N-dealkylation sites (N-methyl/N-ethyl adjacent to an activating group) is 1. The van der Waals surface area contributed by atoms with Crippen LogP contribution in [0, 0.1) is 0 Å². The van der Waals surface area contributed by atoms with E-state index in [1.165, 1.54) is 0 Å². The van der Waals surface area contributed by atoms with E-state index in [1.807, 2.05) is 37.2 Å². The lowest BCUT2D eigenvalue weighted by atomic mass is 10.1. The summed E-state index contributed by atoms with van der Waals surface area (Å²) in [6.07, 6.45) is 6.66. The van der Waals surface area contributed by atoms with E-state index in [1.54, 1.807) is 44.7 Å². The van der Waals surface area contributed by atoms with Gasteiger partial charge < -0.3 is 9.47 Å². The zero-order valence-electron chi connectivity index (χ0n) is 16.5. The van der Waals surface area contributed by atoms with E-state index >= 15 is 0 Å². The Morgan fingerprint density at radius 1 is 0.964 bits per heavy atom. The molecule has 2 heterocycles. The Hall–Kier alpha value is -2.32. The van der Waals surface area contributed by atoms with E-state index in [0.29, 0.717) is 13.2 Å². The van der Waals surface area contributed by atoms with Gasteiger partial charge >= 0.3 is 11.9 Å². The van der Waals surface area contributed by atoms with Crippen molar-refractivity contribution < 1.29 is 19.1 Å². The molecule has 0 amide bonds. The monoisotopic (exact) mass is 451 g/mol. The largest absolute Gasteiger partial charge is 0.465 e. The maximum absolute atomic E-state index is 11.7. The number of carbonyl (C=O) groups excluding carboxylic acids is 2. The van der Waals surface area contributed by atoms with Gasteiger partial charge in [-0.3, -0.25) is 19.7 Å². The molecule has 152 valence electrons. The number of hydrogen-bond acceptors (Lipinski definition) is 7. The molecular weight excluding hydrogens is 426 g/mol. The Kier molecular flexibility index (Phi) is 11.0. The second-order valence-electron chi connectivity index (χ2n) is 5.81. The van der Waals surface area contributed by atoms with Crippen LogP contribution in [-0.4, -0.2) is 54.1 Å². The lowest BCUT2D eigenvalue weighted by Crippen LogP contribution is -2.29. The van der Waals surface area contributed by atoms with Crippen LogP contribution in [0.15, 0.2) is 49.1 Å². The predicted molar refractivity (Wildman–Crippen MR) is 110 cm³/mol. The third kappa shape index (κ3) is 7.74. The Balaban J connectivity index is 0.000000283. The number of esters is 2. The van der Waals surface area contributed by atoms with Crippen molar-refractivity contribution in [2.45, 2.75) is 24.7 Å². The molecule has 2 aromatic rings. The van der Waals surface area contributed by atoms with Gasteiger partial charge in [0, 0.05) is 24.8 Å². The molecule has 0 saturated carbocycles. The number of alkyl halides is 1. The third-order valence-corrected chi connectivity index (χ3v) is 4.40. The molecule has 0 aliphatic heterocycles. The first-order chi connectivity index (χ1) is 13.4. The number of aromatic nitrogens is 2. The molecule has 0 aliphatic rings. The molecule has 0 saturated heterocycles. The van der Waals surface area contributed by atoms with Gasteiger partial charge in [-0.1, -0.05) is 28.1 Å². The standard InChI is InChI=1S/C11H16N2O2.C9H10BrNO2/c1-4-15-11(14)10(13(2)3)9-6-5-7-12-8-9;1-2-13-9(12)8(10)7-4-3-5-11-6-7/h5-8,10H,4H2,1-3H3;3-6,8H,2H2,1H3. The molecule has 0 fully saturated rings. The first-order valence-electron chi connectivity index (χ1n) is 8.85. The highest BCUT2D eigenvalue weighted by Crippen LogP contribution is 2.22. The predicted octanol–water partition coefficient (Wildman–Crippen LogP) is 3.33. The van der Waals surface area contributed by atoms with E-state index < -0.39 is 4.83 Å². The average molecular weight is 452 g/mol. The van der Waals surface area contributed by atoms with Gasteiger partial charge in [-0.25, -0.2) is 4.79 Å². The van der Waals surface area contributed by atoms with Crippen LogP contribution in [0.1, 0.15) is 35.8 Å². The number of rotatable bonds is 7. The Bertz CT molecular complexity index is 714. The van der Waals surface area contributed by atoms with Crippen molar-refractivity contribution in [1.29, 1.82) is 0 Å². The zero-order valence-corrected chi connectivity index (χ0v) is 18.1. The van der Waals surface area contributed by atoms with Gasteiger partial charge in [0.1, 0.15) is 10.9 Å². The Morgan fingerprint density at radius 2 is 1.46 bits per heavy atom. The summed E-state index contributed by atoms with van der Waals surface area (Å²) in [7, 11) is 3.68. The molecule has 0 aliphatic carbocycles. The van der Waals surface area contributed by atoms with Gasteiger partial charge in [-0.05, 0) is 51.2 Å². The highest BCUT2D eigenvalue weighted by Gasteiger charge is 2.24. The molecule has 0 spiro atoms. The summed E-state index contributed by atoms with van der Waals surface area (Å²) < 4.78 is 9.86.